The molecule has 1 aliphatic heterocycles. The molecule has 1 atom stereocenters. The standard InChI is InChI=1S/C15H23N3O3S/c1-2-3-10-22(20,21)18-14-6-4-13(5-7-14)17-15(19)12-8-9-16-11-12/h4-7,12,16,18H,2-3,8-11H2,1H3,(H,17,19). The number of hydrogen-bond acceptors (Lipinski definition) is 4. The first-order valence-corrected chi connectivity index (χ1v) is 9.27. The van der Waals surface area contributed by atoms with Gasteiger partial charge in [-0.25, -0.2) is 8.42 Å². The lowest BCUT2D eigenvalue weighted by Gasteiger charge is -2.11. The Kier molecular flexibility index (Phi) is 5.79. The van der Waals surface area contributed by atoms with Crippen LogP contribution in [0.5, 0.6) is 0 Å². The van der Waals surface area contributed by atoms with Crippen molar-refractivity contribution in [2.45, 2.75) is 26.2 Å². The molecule has 1 amide bonds. The Balaban J connectivity index is 1.91. The fourth-order valence-corrected chi connectivity index (χ4v) is 3.58. The molecule has 1 saturated heterocycles. The van der Waals surface area contributed by atoms with Gasteiger partial charge < -0.3 is 10.6 Å². The van der Waals surface area contributed by atoms with Gasteiger partial charge in [-0.1, -0.05) is 13.3 Å². The SMILES string of the molecule is CCCCS(=O)(=O)Nc1ccc(NC(=O)C2CCNC2)cc1. The van der Waals surface area contributed by atoms with Crippen LogP contribution in [0.3, 0.4) is 0 Å². The normalized spacial score (nSPS) is 18.1. The van der Waals surface area contributed by atoms with Crippen molar-refractivity contribution in [1.82, 2.24) is 5.32 Å². The zero-order chi connectivity index (χ0) is 16.0. The molecule has 3 N–H and O–H groups in total. The maximum atomic E-state index is 12.0. The van der Waals surface area contributed by atoms with Crippen LogP contribution in [0, 0.1) is 5.92 Å². The molecule has 6 nitrogen and oxygen atoms in total. The van der Waals surface area contributed by atoms with E-state index in [1.54, 1.807) is 24.3 Å². The zero-order valence-corrected chi connectivity index (χ0v) is 13.6. The fraction of sp³-hybridized carbons (Fsp3) is 0.533. The molecular weight excluding hydrogens is 302 g/mol. The molecule has 1 aromatic carbocycles. The van der Waals surface area contributed by atoms with E-state index in [0.717, 1.165) is 19.4 Å². The van der Waals surface area contributed by atoms with Crippen molar-refractivity contribution in [3.05, 3.63) is 24.3 Å². The molecule has 0 aliphatic carbocycles. The van der Waals surface area contributed by atoms with Gasteiger partial charge in [0.25, 0.3) is 0 Å². The minimum atomic E-state index is -3.29. The van der Waals surface area contributed by atoms with E-state index in [1.165, 1.54) is 0 Å². The van der Waals surface area contributed by atoms with Gasteiger partial charge in [-0.05, 0) is 43.7 Å². The maximum Gasteiger partial charge on any atom is 0.232 e. The summed E-state index contributed by atoms with van der Waals surface area (Å²) in [5.74, 6) is 0.130. The van der Waals surface area contributed by atoms with Crippen LogP contribution in [0.2, 0.25) is 0 Å². The van der Waals surface area contributed by atoms with Crippen molar-refractivity contribution in [3.8, 4) is 0 Å². The van der Waals surface area contributed by atoms with E-state index >= 15 is 0 Å². The number of anilines is 2. The van der Waals surface area contributed by atoms with Gasteiger partial charge in [0.05, 0.1) is 11.7 Å². The summed E-state index contributed by atoms with van der Waals surface area (Å²) >= 11 is 0. The molecule has 22 heavy (non-hydrogen) atoms. The number of unbranched alkanes of at least 4 members (excludes halogenated alkanes) is 1. The van der Waals surface area contributed by atoms with E-state index in [2.05, 4.69) is 15.4 Å². The molecule has 0 spiro atoms. The molecule has 1 aliphatic rings. The van der Waals surface area contributed by atoms with Gasteiger partial charge in [-0.3, -0.25) is 9.52 Å². The van der Waals surface area contributed by atoms with Crippen molar-refractivity contribution in [1.29, 1.82) is 0 Å². The molecule has 7 heteroatoms. The second kappa shape index (κ2) is 7.60. The Hall–Kier alpha value is -1.60. The van der Waals surface area contributed by atoms with E-state index in [4.69, 9.17) is 0 Å². The summed E-state index contributed by atoms with van der Waals surface area (Å²) < 4.78 is 26.2. The summed E-state index contributed by atoms with van der Waals surface area (Å²) in [4.78, 5) is 12.0. The van der Waals surface area contributed by atoms with E-state index < -0.39 is 10.0 Å². The minimum absolute atomic E-state index is 0.00118. The Bertz CT molecular complexity index is 593. The second-order valence-electron chi connectivity index (χ2n) is 5.53. The van der Waals surface area contributed by atoms with Crippen LogP contribution >= 0.6 is 0 Å². The summed E-state index contributed by atoms with van der Waals surface area (Å²) in [6.45, 7) is 3.53. The van der Waals surface area contributed by atoms with Gasteiger partial charge in [0, 0.05) is 17.9 Å². The molecular formula is C15H23N3O3S. The van der Waals surface area contributed by atoms with Crippen LogP contribution in [0.25, 0.3) is 0 Å². The monoisotopic (exact) mass is 325 g/mol. The molecule has 0 aromatic heterocycles. The Morgan fingerprint density at radius 2 is 1.95 bits per heavy atom. The highest BCUT2D eigenvalue weighted by molar-refractivity contribution is 7.92. The molecule has 122 valence electrons. The molecule has 0 saturated carbocycles. The molecule has 1 fully saturated rings. The van der Waals surface area contributed by atoms with E-state index in [0.29, 0.717) is 24.3 Å². The highest BCUT2D eigenvalue weighted by Gasteiger charge is 2.22. The first kappa shape index (κ1) is 16.8. The predicted molar refractivity (Wildman–Crippen MR) is 88.4 cm³/mol. The first-order valence-electron chi connectivity index (χ1n) is 7.62. The minimum Gasteiger partial charge on any atom is -0.326 e. The molecule has 2 rings (SSSR count). The molecule has 0 bridgehead atoms. The quantitative estimate of drug-likeness (QED) is 0.713. The maximum absolute atomic E-state index is 12.0. The largest absolute Gasteiger partial charge is 0.326 e. The molecule has 0 radical (unpaired) electrons. The van der Waals surface area contributed by atoms with Crippen molar-refractivity contribution in [2.75, 3.05) is 28.9 Å². The third kappa shape index (κ3) is 4.99. The van der Waals surface area contributed by atoms with Crippen LogP contribution < -0.4 is 15.4 Å². The number of rotatable bonds is 7. The summed E-state index contributed by atoms with van der Waals surface area (Å²) in [5, 5.41) is 6.01. The Labute approximate surface area is 131 Å². The molecule has 1 aromatic rings. The summed E-state index contributed by atoms with van der Waals surface area (Å²) in [6, 6.07) is 6.73. The summed E-state index contributed by atoms with van der Waals surface area (Å²) in [6.07, 6.45) is 2.32. The van der Waals surface area contributed by atoms with Crippen molar-refractivity contribution in [3.63, 3.8) is 0 Å². The van der Waals surface area contributed by atoms with E-state index in [1.807, 2.05) is 6.92 Å². The third-order valence-electron chi connectivity index (χ3n) is 3.62. The lowest BCUT2D eigenvalue weighted by Crippen LogP contribution is -2.24. The predicted octanol–water partition coefficient (Wildman–Crippen LogP) is 1.78. The van der Waals surface area contributed by atoms with Gasteiger partial charge in [0.2, 0.25) is 15.9 Å². The number of carbonyl (C=O) groups excluding carboxylic acids is 1. The highest BCUT2D eigenvalue weighted by atomic mass is 32.2. The highest BCUT2D eigenvalue weighted by Crippen LogP contribution is 2.17. The smallest absolute Gasteiger partial charge is 0.232 e. The zero-order valence-electron chi connectivity index (χ0n) is 12.8. The summed E-state index contributed by atoms with van der Waals surface area (Å²) in [5.41, 5.74) is 1.19. The number of carbonyl (C=O) groups is 1. The Morgan fingerprint density at radius 1 is 1.27 bits per heavy atom. The number of amides is 1. The van der Waals surface area contributed by atoms with Crippen LogP contribution in [0.15, 0.2) is 24.3 Å². The van der Waals surface area contributed by atoms with Crippen LogP contribution in [0.4, 0.5) is 11.4 Å². The second-order valence-corrected chi connectivity index (χ2v) is 7.37. The van der Waals surface area contributed by atoms with Gasteiger partial charge in [-0.15, -0.1) is 0 Å². The van der Waals surface area contributed by atoms with E-state index in [9.17, 15) is 13.2 Å². The van der Waals surface area contributed by atoms with Crippen molar-refractivity contribution < 1.29 is 13.2 Å². The van der Waals surface area contributed by atoms with Crippen LogP contribution in [0.1, 0.15) is 26.2 Å². The molecule has 1 unspecified atom stereocenters. The van der Waals surface area contributed by atoms with Gasteiger partial charge in [0.1, 0.15) is 0 Å². The number of hydrogen-bond donors (Lipinski definition) is 3. The fourth-order valence-electron chi connectivity index (χ4n) is 2.31. The Morgan fingerprint density at radius 3 is 2.55 bits per heavy atom. The van der Waals surface area contributed by atoms with Gasteiger partial charge in [-0.2, -0.15) is 0 Å². The van der Waals surface area contributed by atoms with Crippen LogP contribution in [-0.2, 0) is 14.8 Å². The first-order chi connectivity index (χ1) is 10.5. The van der Waals surface area contributed by atoms with Crippen LogP contribution in [-0.4, -0.2) is 33.2 Å². The lowest BCUT2D eigenvalue weighted by atomic mass is 10.1. The van der Waals surface area contributed by atoms with E-state index in [-0.39, 0.29) is 17.6 Å². The molecule has 1 heterocycles. The van der Waals surface area contributed by atoms with Gasteiger partial charge >= 0.3 is 0 Å². The van der Waals surface area contributed by atoms with Crippen molar-refractivity contribution in [2.24, 2.45) is 5.92 Å². The summed E-state index contributed by atoms with van der Waals surface area (Å²) in [7, 11) is -3.29. The lowest BCUT2D eigenvalue weighted by molar-refractivity contribution is -0.119. The average Bonchev–Trinajstić information content (AvgIpc) is 3.01. The third-order valence-corrected chi connectivity index (χ3v) is 5.00. The number of nitrogens with one attached hydrogen (secondary N) is 3. The van der Waals surface area contributed by atoms with Crippen molar-refractivity contribution >= 4 is 27.3 Å². The number of benzene rings is 1. The number of sulfonamides is 1. The average molecular weight is 325 g/mol. The topological polar surface area (TPSA) is 87.3 Å². The van der Waals surface area contributed by atoms with Gasteiger partial charge in [0.15, 0.2) is 0 Å².